The number of nitrogens with two attached hydrogens (primary N) is 1. The fourth-order valence-electron chi connectivity index (χ4n) is 1.53. The average Bonchev–Trinajstić information content (AvgIpc) is 2.96. The van der Waals surface area contributed by atoms with E-state index in [0.29, 0.717) is 5.69 Å². The molecule has 2 heterocycles. The standard InChI is InChI=1S/C11H14N4O2S/c12-10(11(16)17)6-8-7-15(14-13-8)4-3-9-2-1-5-18-9/h1-2,5,7,10H,3-4,6,12H2,(H,16,17). The predicted octanol–water partition coefficient (Wildman–Crippen LogP) is 0.537. The van der Waals surface area contributed by atoms with E-state index >= 15 is 0 Å². The number of carboxylic acid groups (broad SMARTS) is 1. The molecule has 0 amide bonds. The number of thiophene rings is 1. The molecule has 2 rings (SSSR count). The summed E-state index contributed by atoms with van der Waals surface area (Å²) in [5, 5.41) is 18.6. The summed E-state index contributed by atoms with van der Waals surface area (Å²) < 4.78 is 1.71. The molecule has 0 bridgehead atoms. The lowest BCUT2D eigenvalue weighted by Crippen LogP contribution is -2.32. The third-order valence-corrected chi connectivity index (χ3v) is 3.44. The van der Waals surface area contributed by atoms with Gasteiger partial charge >= 0.3 is 5.97 Å². The van der Waals surface area contributed by atoms with Crippen molar-refractivity contribution < 1.29 is 9.90 Å². The molecule has 1 unspecified atom stereocenters. The van der Waals surface area contributed by atoms with Gasteiger partial charge in [0, 0.05) is 30.5 Å². The van der Waals surface area contributed by atoms with E-state index in [-0.39, 0.29) is 6.42 Å². The first-order valence-corrected chi connectivity index (χ1v) is 6.43. The molecule has 0 radical (unpaired) electrons. The summed E-state index contributed by atoms with van der Waals surface area (Å²) in [5.41, 5.74) is 6.04. The monoisotopic (exact) mass is 266 g/mol. The highest BCUT2D eigenvalue weighted by Crippen LogP contribution is 2.10. The number of aryl methyl sites for hydroxylation is 2. The number of carbonyl (C=O) groups is 1. The van der Waals surface area contributed by atoms with Crippen molar-refractivity contribution in [3.8, 4) is 0 Å². The maximum Gasteiger partial charge on any atom is 0.320 e. The van der Waals surface area contributed by atoms with Gasteiger partial charge in [-0.3, -0.25) is 9.48 Å². The Morgan fingerprint density at radius 1 is 1.61 bits per heavy atom. The Balaban J connectivity index is 1.88. The van der Waals surface area contributed by atoms with Crippen molar-refractivity contribution in [2.75, 3.05) is 0 Å². The SMILES string of the molecule is NC(Cc1cn(CCc2cccs2)nn1)C(=O)O. The molecule has 3 N–H and O–H groups in total. The third kappa shape index (κ3) is 3.38. The molecule has 0 aromatic carbocycles. The zero-order valence-corrected chi connectivity index (χ0v) is 10.5. The third-order valence-electron chi connectivity index (χ3n) is 2.50. The van der Waals surface area contributed by atoms with Crippen LogP contribution in [0.4, 0.5) is 0 Å². The fraction of sp³-hybridized carbons (Fsp3) is 0.364. The van der Waals surface area contributed by atoms with Crippen LogP contribution in [0, 0.1) is 0 Å². The van der Waals surface area contributed by atoms with Crippen LogP contribution in [0.5, 0.6) is 0 Å². The molecule has 7 heteroatoms. The second-order valence-corrected chi connectivity index (χ2v) is 4.98. The summed E-state index contributed by atoms with van der Waals surface area (Å²) in [7, 11) is 0. The van der Waals surface area contributed by atoms with Gasteiger partial charge in [-0.25, -0.2) is 0 Å². The maximum absolute atomic E-state index is 10.6. The van der Waals surface area contributed by atoms with Crippen molar-refractivity contribution in [1.82, 2.24) is 15.0 Å². The first-order chi connectivity index (χ1) is 8.65. The largest absolute Gasteiger partial charge is 0.480 e. The van der Waals surface area contributed by atoms with Crippen LogP contribution >= 0.6 is 11.3 Å². The van der Waals surface area contributed by atoms with Gasteiger partial charge in [0.2, 0.25) is 0 Å². The quantitative estimate of drug-likeness (QED) is 0.795. The normalized spacial score (nSPS) is 12.5. The van der Waals surface area contributed by atoms with Gasteiger partial charge in [-0.1, -0.05) is 11.3 Å². The van der Waals surface area contributed by atoms with Crippen LogP contribution in [0.15, 0.2) is 23.7 Å². The van der Waals surface area contributed by atoms with E-state index in [1.807, 2.05) is 11.4 Å². The van der Waals surface area contributed by atoms with Crippen LogP contribution in [0.1, 0.15) is 10.6 Å². The molecular formula is C11H14N4O2S. The van der Waals surface area contributed by atoms with Gasteiger partial charge in [0.15, 0.2) is 0 Å². The molecule has 96 valence electrons. The topological polar surface area (TPSA) is 94.0 Å². The lowest BCUT2D eigenvalue weighted by molar-refractivity contribution is -0.138. The van der Waals surface area contributed by atoms with Gasteiger partial charge in [-0.15, -0.1) is 16.4 Å². The first kappa shape index (κ1) is 12.7. The fourth-order valence-corrected chi connectivity index (χ4v) is 2.23. The van der Waals surface area contributed by atoms with Crippen molar-refractivity contribution in [2.24, 2.45) is 5.73 Å². The summed E-state index contributed by atoms with van der Waals surface area (Å²) in [6, 6.07) is 3.16. The molecule has 0 spiro atoms. The van der Waals surface area contributed by atoms with Gasteiger partial charge in [0.25, 0.3) is 0 Å². The van der Waals surface area contributed by atoms with Crippen molar-refractivity contribution in [3.05, 3.63) is 34.3 Å². The van der Waals surface area contributed by atoms with Crippen LogP contribution < -0.4 is 5.73 Å². The summed E-state index contributed by atoms with van der Waals surface area (Å²) >= 11 is 1.70. The van der Waals surface area contributed by atoms with Gasteiger partial charge in [0.1, 0.15) is 6.04 Å². The number of nitrogens with zero attached hydrogens (tertiary/aromatic N) is 3. The second kappa shape index (κ2) is 5.74. The highest BCUT2D eigenvalue weighted by Gasteiger charge is 2.14. The molecule has 0 fully saturated rings. The van der Waals surface area contributed by atoms with E-state index in [9.17, 15) is 4.79 Å². The molecule has 0 saturated heterocycles. The Morgan fingerprint density at radius 3 is 3.11 bits per heavy atom. The highest BCUT2D eigenvalue weighted by atomic mass is 32.1. The number of rotatable bonds is 6. The number of aromatic nitrogens is 3. The van der Waals surface area contributed by atoms with E-state index in [1.165, 1.54) is 4.88 Å². The van der Waals surface area contributed by atoms with Crippen molar-refractivity contribution in [3.63, 3.8) is 0 Å². The lowest BCUT2D eigenvalue weighted by Gasteiger charge is -2.01. The predicted molar refractivity (Wildman–Crippen MR) is 67.4 cm³/mol. The molecule has 0 aliphatic heterocycles. The molecule has 0 aliphatic carbocycles. The Bertz CT molecular complexity index is 509. The minimum atomic E-state index is -1.02. The van der Waals surface area contributed by atoms with Crippen LogP contribution in [-0.2, 0) is 24.2 Å². The van der Waals surface area contributed by atoms with E-state index in [4.69, 9.17) is 10.8 Å². The molecule has 1 atom stereocenters. The van der Waals surface area contributed by atoms with Gasteiger partial charge in [-0.05, 0) is 11.4 Å². The molecule has 6 nitrogen and oxygen atoms in total. The lowest BCUT2D eigenvalue weighted by atomic mass is 10.2. The molecular weight excluding hydrogens is 252 g/mol. The van der Waals surface area contributed by atoms with Crippen LogP contribution in [0.2, 0.25) is 0 Å². The molecule has 18 heavy (non-hydrogen) atoms. The summed E-state index contributed by atoms with van der Waals surface area (Å²) in [6.45, 7) is 0.732. The summed E-state index contributed by atoms with van der Waals surface area (Å²) in [6.07, 6.45) is 2.84. The Kier molecular flexibility index (Phi) is 4.06. The van der Waals surface area contributed by atoms with Crippen molar-refractivity contribution in [2.45, 2.75) is 25.4 Å². The van der Waals surface area contributed by atoms with Crippen molar-refractivity contribution in [1.29, 1.82) is 0 Å². The molecule has 2 aromatic heterocycles. The molecule has 2 aromatic rings. The van der Waals surface area contributed by atoms with E-state index < -0.39 is 12.0 Å². The minimum Gasteiger partial charge on any atom is -0.480 e. The van der Waals surface area contributed by atoms with Crippen LogP contribution in [0.3, 0.4) is 0 Å². The van der Waals surface area contributed by atoms with Crippen LogP contribution in [0.25, 0.3) is 0 Å². The summed E-state index contributed by atoms with van der Waals surface area (Å²) in [5.74, 6) is -1.02. The van der Waals surface area contributed by atoms with E-state index in [1.54, 1.807) is 22.2 Å². The minimum absolute atomic E-state index is 0.203. The smallest absolute Gasteiger partial charge is 0.320 e. The molecule has 0 aliphatic rings. The van der Waals surface area contributed by atoms with Crippen LogP contribution in [-0.4, -0.2) is 32.1 Å². The molecule has 0 saturated carbocycles. The Morgan fingerprint density at radius 2 is 2.44 bits per heavy atom. The summed E-state index contributed by atoms with van der Waals surface area (Å²) in [4.78, 5) is 11.9. The van der Waals surface area contributed by atoms with Crippen molar-refractivity contribution >= 4 is 17.3 Å². The zero-order chi connectivity index (χ0) is 13.0. The zero-order valence-electron chi connectivity index (χ0n) is 9.69. The van der Waals surface area contributed by atoms with Gasteiger partial charge < -0.3 is 10.8 Å². The number of hydrogen-bond donors (Lipinski definition) is 2. The van der Waals surface area contributed by atoms with E-state index in [0.717, 1.165) is 13.0 Å². The number of hydrogen-bond acceptors (Lipinski definition) is 5. The van der Waals surface area contributed by atoms with Gasteiger partial charge in [-0.2, -0.15) is 0 Å². The van der Waals surface area contributed by atoms with Gasteiger partial charge in [0.05, 0.1) is 5.69 Å². The Hall–Kier alpha value is -1.73. The number of aliphatic carboxylic acids is 1. The first-order valence-electron chi connectivity index (χ1n) is 5.55. The Labute approximate surface area is 108 Å². The second-order valence-electron chi connectivity index (χ2n) is 3.95. The highest BCUT2D eigenvalue weighted by molar-refractivity contribution is 7.09. The average molecular weight is 266 g/mol. The maximum atomic E-state index is 10.6. The number of carboxylic acids is 1. The van der Waals surface area contributed by atoms with E-state index in [2.05, 4.69) is 16.4 Å².